The number of fused-ring (bicyclic) bond motifs is 5. The Balaban J connectivity index is 0.000000880. The van der Waals surface area contributed by atoms with Crippen LogP contribution in [0.1, 0.15) is 93.4 Å². The van der Waals surface area contributed by atoms with Crippen molar-refractivity contribution in [1.82, 2.24) is 0 Å². The number of hydrogen-bond donors (Lipinski definition) is 0. The molecule has 0 aromatic rings. The van der Waals surface area contributed by atoms with Crippen LogP contribution in [-0.2, 0) is 0 Å². The Morgan fingerprint density at radius 3 is 2.32 bits per heavy atom. The first-order chi connectivity index (χ1) is 11.9. The van der Waals surface area contributed by atoms with E-state index in [1.54, 1.807) is 5.57 Å². The first kappa shape index (κ1) is 19.2. The summed E-state index contributed by atoms with van der Waals surface area (Å²) in [5, 5.41) is 0. The van der Waals surface area contributed by atoms with Crippen molar-refractivity contribution in [3.8, 4) is 0 Å². The van der Waals surface area contributed by atoms with E-state index >= 15 is 0 Å². The van der Waals surface area contributed by atoms with Gasteiger partial charge in [0.15, 0.2) is 0 Å². The van der Waals surface area contributed by atoms with E-state index in [0.717, 1.165) is 29.6 Å². The first-order valence-corrected chi connectivity index (χ1v) is 11.3. The Labute approximate surface area is 157 Å². The van der Waals surface area contributed by atoms with Gasteiger partial charge in [-0.25, -0.2) is 0 Å². The van der Waals surface area contributed by atoms with Gasteiger partial charge in [0.05, 0.1) is 0 Å². The largest absolute Gasteiger partial charge is 0.0683 e. The molecule has 4 rings (SSSR count). The van der Waals surface area contributed by atoms with Gasteiger partial charge >= 0.3 is 0 Å². The zero-order chi connectivity index (χ0) is 18.4. The van der Waals surface area contributed by atoms with Crippen LogP contribution in [0.2, 0.25) is 0 Å². The first-order valence-electron chi connectivity index (χ1n) is 11.3. The monoisotopic (exact) mass is 342 g/mol. The van der Waals surface area contributed by atoms with E-state index in [4.69, 9.17) is 0 Å². The highest BCUT2D eigenvalue weighted by molar-refractivity contribution is 5.38. The van der Waals surface area contributed by atoms with Gasteiger partial charge in [0.2, 0.25) is 0 Å². The van der Waals surface area contributed by atoms with Crippen LogP contribution >= 0.6 is 0 Å². The van der Waals surface area contributed by atoms with Crippen molar-refractivity contribution in [2.24, 2.45) is 40.4 Å². The number of rotatable bonds is 1. The van der Waals surface area contributed by atoms with Gasteiger partial charge in [0.25, 0.3) is 0 Å². The van der Waals surface area contributed by atoms with Gasteiger partial charge < -0.3 is 0 Å². The van der Waals surface area contributed by atoms with E-state index in [9.17, 15) is 0 Å². The fourth-order valence-corrected chi connectivity index (χ4v) is 7.32. The molecule has 142 valence electrons. The molecule has 0 amide bonds. The van der Waals surface area contributed by atoms with Crippen molar-refractivity contribution in [3.63, 3.8) is 0 Å². The predicted octanol–water partition coefficient (Wildman–Crippen LogP) is 7.80. The lowest BCUT2D eigenvalue weighted by atomic mass is 9.49. The summed E-state index contributed by atoms with van der Waals surface area (Å²) < 4.78 is 0. The normalized spacial score (nSPS) is 45.4. The molecule has 0 N–H and O–H groups in total. The molecular weight excluding hydrogens is 300 g/mol. The third-order valence-corrected chi connectivity index (χ3v) is 8.70. The second kappa shape index (κ2) is 6.90. The van der Waals surface area contributed by atoms with Crippen molar-refractivity contribution in [3.05, 3.63) is 23.3 Å². The van der Waals surface area contributed by atoms with E-state index in [2.05, 4.69) is 46.8 Å². The smallest absolute Gasteiger partial charge is 0.00474 e. The fraction of sp³-hybridized carbons (Fsp3) is 0.840. The highest BCUT2D eigenvalue weighted by atomic mass is 14.6. The highest BCUT2D eigenvalue weighted by Crippen LogP contribution is 2.66. The van der Waals surface area contributed by atoms with Crippen molar-refractivity contribution in [2.75, 3.05) is 0 Å². The summed E-state index contributed by atoms with van der Waals surface area (Å²) in [5.74, 6) is 4.43. The van der Waals surface area contributed by atoms with Gasteiger partial charge in [0, 0.05) is 0 Å². The molecule has 0 spiro atoms. The molecule has 0 aliphatic heterocycles. The average molecular weight is 343 g/mol. The van der Waals surface area contributed by atoms with E-state index in [0.29, 0.717) is 10.8 Å². The molecule has 25 heavy (non-hydrogen) atoms. The molecule has 3 saturated carbocycles. The highest BCUT2D eigenvalue weighted by Gasteiger charge is 2.56. The van der Waals surface area contributed by atoms with Crippen LogP contribution in [0.5, 0.6) is 0 Å². The maximum atomic E-state index is 2.64. The minimum Gasteiger partial charge on any atom is -0.0683 e. The number of allylic oxidation sites excluding steroid dienone is 4. The Kier molecular flexibility index (Phi) is 5.31. The Morgan fingerprint density at radius 2 is 1.64 bits per heavy atom. The van der Waals surface area contributed by atoms with Gasteiger partial charge in [-0.1, -0.05) is 71.8 Å². The summed E-state index contributed by atoms with van der Waals surface area (Å²) in [6.45, 7) is 16.6. The second-order valence-corrected chi connectivity index (χ2v) is 10.2. The van der Waals surface area contributed by atoms with Crippen molar-refractivity contribution in [1.29, 1.82) is 0 Å². The third kappa shape index (κ3) is 2.87. The minimum absolute atomic E-state index is 0.494. The zero-order valence-corrected chi connectivity index (χ0v) is 18.0. The molecular formula is C25H42. The van der Waals surface area contributed by atoms with E-state index in [1.807, 2.05) is 19.4 Å². The van der Waals surface area contributed by atoms with Gasteiger partial charge in [0.1, 0.15) is 0 Å². The summed E-state index contributed by atoms with van der Waals surface area (Å²) in [4.78, 5) is 0. The fourth-order valence-electron chi connectivity index (χ4n) is 7.32. The maximum Gasteiger partial charge on any atom is -0.00474 e. The summed E-state index contributed by atoms with van der Waals surface area (Å²) in [6, 6.07) is 0. The average Bonchev–Trinajstić information content (AvgIpc) is 2.95. The zero-order valence-electron chi connectivity index (χ0n) is 18.0. The standard InChI is InChI=1S/C23H36.C2H6/c1-15(2)19-8-9-20-18-7-6-17-14-16(3)10-12-22(17,4)21(18)11-13-23(19,20)5;1-2/h6-7,15-16,19-21H,8-14H2,1-5H3;1-2H3. The van der Waals surface area contributed by atoms with Crippen LogP contribution < -0.4 is 0 Å². The molecule has 0 aromatic carbocycles. The van der Waals surface area contributed by atoms with Crippen LogP contribution in [0.15, 0.2) is 23.3 Å². The van der Waals surface area contributed by atoms with Crippen molar-refractivity contribution in [2.45, 2.75) is 93.4 Å². The van der Waals surface area contributed by atoms with E-state index < -0.39 is 0 Å². The van der Waals surface area contributed by atoms with Crippen molar-refractivity contribution < 1.29 is 0 Å². The van der Waals surface area contributed by atoms with Gasteiger partial charge in [-0.15, -0.1) is 0 Å². The summed E-state index contributed by atoms with van der Waals surface area (Å²) >= 11 is 0. The lowest BCUT2D eigenvalue weighted by molar-refractivity contribution is 0.0500. The summed E-state index contributed by atoms with van der Waals surface area (Å²) in [7, 11) is 0. The quantitative estimate of drug-likeness (QED) is 0.456. The second-order valence-electron chi connectivity index (χ2n) is 10.2. The molecule has 0 aromatic heterocycles. The van der Waals surface area contributed by atoms with E-state index in [1.165, 1.54) is 44.9 Å². The minimum atomic E-state index is 0.494. The molecule has 4 aliphatic rings. The van der Waals surface area contributed by atoms with Gasteiger partial charge in [-0.05, 0) is 85.4 Å². The third-order valence-electron chi connectivity index (χ3n) is 8.70. The molecule has 3 fully saturated rings. The molecule has 0 saturated heterocycles. The predicted molar refractivity (Wildman–Crippen MR) is 111 cm³/mol. The van der Waals surface area contributed by atoms with Crippen LogP contribution in [0.3, 0.4) is 0 Å². The van der Waals surface area contributed by atoms with Gasteiger partial charge in [-0.3, -0.25) is 0 Å². The molecule has 6 atom stereocenters. The lowest BCUT2D eigenvalue weighted by Gasteiger charge is -2.55. The summed E-state index contributed by atoms with van der Waals surface area (Å²) in [5.41, 5.74) is 4.73. The van der Waals surface area contributed by atoms with Gasteiger partial charge in [-0.2, -0.15) is 0 Å². The molecule has 0 heteroatoms. The molecule has 6 unspecified atom stereocenters. The molecule has 0 nitrogen and oxygen atoms in total. The van der Waals surface area contributed by atoms with Crippen LogP contribution in [0.4, 0.5) is 0 Å². The molecule has 0 radical (unpaired) electrons. The van der Waals surface area contributed by atoms with Crippen LogP contribution in [-0.4, -0.2) is 0 Å². The van der Waals surface area contributed by atoms with Crippen molar-refractivity contribution >= 4 is 0 Å². The molecule has 0 bridgehead atoms. The van der Waals surface area contributed by atoms with E-state index in [-0.39, 0.29) is 0 Å². The molecule has 0 heterocycles. The lowest BCUT2D eigenvalue weighted by Crippen LogP contribution is -2.45. The summed E-state index contributed by atoms with van der Waals surface area (Å²) in [6.07, 6.45) is 15.2. The number of hydrogen-bond acceptors (Lipinski definition) is 0. The molecule has 4 aliphatic carbocycles. The maximum absolute atomic E-state index is 2.64. The Morgan fingerprint density at radius 1 is 0.920 bits per heavy atom. The van der Waals surface area contributed by atoms with Crippen LogP contribution in [0, 0.1) is 40.4 Å². The van der Waals surface area contributed by atoms with Crippen LogP contribution in [0.25, 0.3) is 0 Å². The topological polar surface area (TPSA) is 0 Å². The Hall–Kier alpha value is -0.520. The SMILES string of the molecule is CC.CC1CCC2(C)C(=CC=C3C2CCC2(C)C3CCC2C(C)C)C1. The Bertz CT molecular complexity index is 550.